The third kappa shape index (κ3) is 3.34. The summed E-state index contributed by atoms with van der Waals surface area (Å²) in [4.78, 5) is 41.2. The van der Waals surface area contributed by atoms with E-state index in [9.17, 15) is 14.4 Å². The lowest BCUT2D eigenvalue weighted by atomic mass is 9.86. The van der Waals surface area contributed by atoms with Gasteiger partial charge in [-0.1, -0.05) is 0 Å². The fourth-order valence-electron chi connectivity index (χ4n) is 3.80. The van der Waals surface area contributed by atoms with Crippen LogP contribution in [0.4, 0.5) is 0 Å². The quantitative estimate of drug-likeness (QED) is 0.791. The standard InChI is InChI=1S/C16H25N3O4/c1-17-8-9-19(15(23)12-2-3-12)11-16(17)5-4-13(20)18(7-6-16)10-14(21)22/h12H,2-11H2,1H3,(H,21,22). The highest BCUT2D eigenvalue weighted by Crippen LogP contribution is 2.36. The fraction of sp³-hybridized carbons (Fsp3) is 0.812. The number of nitrogens with zero attached hydrogens (tertiary/aromatic N) is 3. The molecule has 1 saturated carbocycles. The number of piperazine rings is 1. The van der Waals surface area contributed by atoms with Gasteiger partial charge in [0, 0.05) is 44.1 Å². The Bertz CT molecular complexity index is 519. The highest BCUT2D eigenvalue weighted by molar-refractivity contribution is 5.82. The van der Waals surface area contributed by atoms with Gasteiger partial charge in [-0.25, -0.2) is 0 Å². The summed E-state index contributed by atoms with van der Waals surface area (Å²) in [7, 11) is 2.05. The van der Waals surface area contributed by atoms with Crippen molar-refractivity contribution in [2.45, 2.75) is 37.6 Å². The molecule has 1 atom stereocenters. The van der Waals surface area contributed by atoms with Gasteiger partial charge in [0.1, 0.15) is 6.54 Å². The third-order valence-electron chi connectivity index (χ3n) is 5.57. The van der Waals surface area contributed by atoms with E-state index in [1.54, 1.807) is 0 Å². The van der Waals surface area contributed by atoms with Gasteiger partial charge in [0.2, 0.25) is 11.8 Å². The molecular weight excluding hydrogens is 298 g/mol. The predicted octanol–water partition coefficient (Wildman–Crippen LogP) is 0.00630. The highest BCUT2D eigenvalue weighted by atomic mass is 16.4. The summed E-state index contributed by atoms with van der Waals surface area (Å²) in [5.74, 6) is -0.595. The number of likely N-dealkylation sites (N-methyl/N-ethyl adjacent to an activating group) is 1. The molecule has 1 aliphatic carbocycles. The Hall–Kier alpha value is -1.63. The zero-order chi connectivity index (χ0) is 16.6. The first-order valence-electron chi connectivity index (χ1n) is 8.41. The van der Waals surface area contributed by atoms with E-state index in [2.05, 4.69) is 11.9 Å². The molecule has 0 bridgehead atoms. The minimum absolute atomic E-state index is 0.0942. The molecule has 7 heteroatoms. The molecule has 2 saturated heterocycles. The Morgan fingerprint density at radius 3 is 2.61 bits per heavy atom. The Kier molecular flexibility index (Phi) is 4.31. The fourth-order valence-corrected chi connectivity index (χ4v) is 3.80. The van der Waals surface area contributed by atoms with E-state index in [0.29, 0.717) is 25.9 Å². The molecule has 1 unspecified atom stereocenters. The van der Waals surface area contributed by atoms with Crippen molar-refractivity contribution in [2.24, 2.45) is 5.92 Å². The molecule has 0 radical (unpaired) electrons. The topological polar surface area (TPSA) is 81.2 Å². The summed E-state index contributed by atoms with van der Waals surface area (Å²) in [5.41, 5.74) is -0.203. The van der Waals surface area contributed by atoms with Crippen LogP contribution in [0.15, 0.2) is 0 Å². The van der Waals surface area contributed by atoms with Crippen molar-refractivity contribution >= 4 is 17.8 Å². The number of carboxylic acids is 1. The molecule has 7 nitrogen and oxygen atoms in total. The summed E-state index contributed by atoms with van der Waals surface area (Å²) >= 11 is 0. The largest absolute Gasteiger partial charge is 0.480 e. The molecule has 128 valence electrons. The van der Waals surface area contributed by atoms with Gasteiger partial charge >= 0.3 is 5.97 Å². The zero-order valence-electron chi connectivity index (χ0n) is 13.7. The second-order valence-corrected chi connectivity index (χ2v) is 7.14. The SMILES string of the molecule is CN1CCN(C(=O)C2CC2)CC12CCC(=O)N(CC(=O)O)CC2. The number of amides is 2. The van der Waals surface area contributed by atoms with Crippen LogP contribution in [0.5, 0.6) is 0 Å². The summed E-state index contributed by atoms with van der Waals surface area (Å²) in [6.45, 7) is 2.43. The molecule has 0 aromatic carbocycles. The maximum absolute atomic E-state index is 12.4. The minimum Gasteiger partial charge on any atom is -0.480 e. The molecule has 3 fully saturated rings. The molecule has 3 aliphatic rings. The van der Waals surface area contributed by atoms with Gasteiger partial charge in [0.15, 0.2) is 0 Å². The van der Waals surface area contributed by atoms with Gasteiger partial charge in [-0.15, -0.1) is 0 Å². The molecule has 0 aromatic heterocycles. The van der Waals surface area contributed by atoms with E-state index < -0.39 is 5.97 Å². The predicted molar refractivity (Wildman–Crippen MR) is 82.7 cm³/mol. The second-order valence-electron chi connectivity index (χ2n) is 7.14. The molecule has 3 rings (SSSR count). The van der Waals surface area contributed by atoms with E-state index in [0.717, 1.165) is 32.4 Å². The summed E-state index contributed by atoms with van der Waals surface area (Å²) in [6.07, 6.45) is 3.76. The Morgan fingerprint density at radius 2 is 1.96 bits per heavy atom. The number of hydrogen-bond acceptors (Lipinski definition) is 4. The van der Waals surface area contributed by atoms with Crippen LogP contribution in [-0.4, -0.2) is 82.9 Å². The van der Waals surface area contributed by atoms with E-state index in [1.165, 1.54) is 4.90 Å². The number of carbonyl (C=O) groups is 3. The van der Waals surface area contributed by atoms with E-state index in [1.807, 2.05) is 4.90 Å². The minimum atomic E-state index is -0.975. The van der Waals surface area contributed by atoms with Crippen molar-refractivity contribution in [3.8, 4) is 0 Å². The Balaban J connectivity index is 1.72. The van der Waals surface area contributed by atoms with Gasteiger partial charge in [-0.05, 0) is 32.7 Å². The van der Waals surface area contributed by atoms with Gasteiger partial charge in [-0.2, -0.15) is 0 Å². The lowest BCUT2D eigenvalue weighted by Crippen LogP contribution is -2.62. The molecule has 1 spiro atoms. The van der Waals surface area contributed by atoms with Crippen molar-refractivity contribution in [1.29, 1.82) is 0 Å². The molecular formula is C16H25N3O4. The van der Waals surface area contributed by atoms with E-state index in [-0.39, 0.29) is 29.8 Å². The van der Waals surface area contributed by atoms with Gasteiger partial charge in [0.25, 0.3) is 0 Å². The van der Waals surface area contributed by atoms with Gasteiger partial charge in [-0.3, -0.25) is 19.3 Å². The first-order chi connectivity index (χ1) is 10.9. The van der Waals surface area contributed by atoms with Crippen LogP contribution in [0.1, 0.15) is 32.1 Å². The third-order valence-corrected chi connectivity index (χ3v) is 5.57. The van der Waals surface area contributed by atoms with E-state index in [4.69, 9.17) is 5.11 Å². The summed E-state index contributed by atoms with van der Waals surface area (Å²) in [6, 6.07) is 0. The average Bonchev–Trinajstić information content (AvgIpc) is 3.34. The molecule has 23 heavy (non-hydrogen) atoms. The maximum atomic E-state index is 12.4. The van der Waals surface area contributed by atoms with Crippen molar-refractivity contribution in [3.63, 3.8) is 0 Å². The van der Waals surface area contributed by atoms with Crippen molar-refractivity contribution in [3.05, 3.63) is 0 Å². The van der Waals surface area contributed by atoms with Crippen LogP contribution in [-0.2, 0) is 14.4 Å². The normalized spacial score (nSPS) is 29.7. The Morgan fingerprint density at radius 1 is 1.22 bits per heavy atom. The van der Waals surface area contributed by atoms with Crippen molar-refractivity contribution < 1.29 is 19.5 Å². The van der Waals surface area contributed by atoms with Crippen LogP contribution >= 0.6 is 0 Å². The lowest BCUT2D eigenvalue weighted by Gasteiger charge is -2.49. The lowest BCUT2D eigenvalue weighted by molar-refractivity contribution is -0.144. The monoisotopic (exact) mass is 323 g/mol. The first kappa shape index (κ1) is 16.2. The second kappa shape index (κ2) is 6.11. The average molecular weight is 323 g/mol. The van der Waals surface area contributed by atoms with Crippen molar-refractivity contribution in [2.75, 3.05) is 39.8 Å². The molecule has 2 aliphatic heterocycles. The number of likely N-dealkylation sites (tertiary alicyclic amines) is 1. The van der Waals surface area contributed by atoms with Crippen molar-refractivity contribution in [1.82, 2.24) is 14.7 Å². The number of carbonyl (C=O) groups excluding carboxylic acids is 2. The zero-order valence-corrected chi connectivity index (χ0v) is 13.7. The van der Waals surface area contributed by atoms with Crippen LogP contribution in [0.25, 0.3) is 0 Å². The summed E-state index contributed by atoms with van der Waals surface area (Å²) in [5, 5.41) is 8.95. The number of rotatable bonds is 3. The van der Waals surface area contributed by atoms with E-state index >= 15 is 0 Å². The van der Waals surface area contributed by atoms with Crippen LogP contribution < -0.4 is 0 Å². The number of hydrogen-bond donors (Lipinski definition) is 1. The Labute approximate surface area is 136 Å². The molecule has 2 heterocycles. The highest BCUT2D eigenvalue weighted by Gasteiger charge is 2.45. The molecule has 1 N–H and O–H groups in total. The molecule has 2 amide bonds. The number of carboxylic acid groups (broad SMARTS) is 1. The maximum Gasteiger partial charge on any atom is 0.323 e. The van der Waals surface area contributed by atoms with Crippen LogP contribution in [0, 0.1) is 5.92 Å². The number of aliphatic carboxylic acids is 1. The summed E-state index contributed by atoms with van der Waals surface area (Å²) < 4.78 is 0. The van der Waals surface area contributed by atoms with Crippen LogP contribution in [0.2, 0.25) is 0 Å². The van der Waals surface area contributed by atoms with Crippen LogP contribution in [0.3, 0.4) is 0 Å². The van der Waals surface area contributed by atoms with Gasteiger partial charge < -0.3 is 14.9 Å². The smallest absolute Gasteiger partial charge is 0.323 e. The van der Waals surface area contributed by atoms with Gasteiger partial charge in [0.05, 0.1) is 0 Å². The molecule has 0 aromatic rings. The first-order valence-corrected chi connectivity index (χ1v) is 8.41.